The number of nitrogens with one attached hydrogen (secondary N) is 1. The van der Waals surface area contributed by atoms with E-state index in [0.29, 0.717) is 25.6 Å². The van der Waals surface area contributed by atoms with Gasteiger partial charge in [-0.1, -0.05) is 27.7 Å². The normalized spacial score (nSPS) is 13.7. The van der Waals surface area contributed by atoms with Gasteiger partial charge < -0.3 is 14.8 Å². The lowest BCUT2D eigenvalue weighted by Crippen LogP contribution is -2.42. The monoisotopic (exact) mass is 335 g/mol. The zero-order valence-corrected chi connectivity index (χ0v) is 16.3. The van der Waals surface area contributed by atoms with E-state index in [9.17, 15) is 4.79 Å². The van der Waals surface area contributed by atoms with Gasteiger partial charge >= 0.3 is 0 Å². The summed E-state index contributed by atoms with van der Waals surface area (Å²) in [4.78, 5) is 12.6. The number of ether oxygens (including phenoxy) is 2. The third-order valence-electron chi connectivity index (χ3n) is 4.06. The summed E-state index contributed by atoms with van der Waals surface area (Å²) in [5.74, 6) is 1.28. The summed E-state index contributed by atoms with van der Waals surface area (Å²) in [6.45, 7) is 15.4. The molecule has 1 amide bonds. The summed E-state index contributed by atoms with van der Waals surface area (Å²) in [7, 11) is 0. The summed E-state index contributed by atoms with van der Waals surface area (Å²) in [5, 5.41) is 3.00. The molecule has 0 bridgehead atoms. The van der Waals surface area contributed by atoms with Crippen molar-refractivity contribution in [3.63, 3.8) is 0 Å². The minimum absolute atomic E-state index is 0.104. The van der Waals surface area contributed by atoms with Gasteiger partial charge in [-0.2, -0.15) is 0 Å². The van der Waals surface area contributed by atoms with Crippen LogP contribution in [0.4, 0.5) is 5.69 Å². The minimum atomic E-state index is -0.801. The van der Waals surface area contributed by atoms with Crippen LogP contribution in [0.25, 0.3) is 0 Å². The number of carbonyl (C=O) groups is 1. The van der Waals surface area contributed by atoms with Crippen LogP contribution >= 0.6 is 0 Å². The van der Waals surface area contributed by atoms with E-state index in [0.717, 1.165) is 29.0 Å². The molecule has 0 heterocycles. The molecule has 4 heteroatoms. The van der Waals surface area contributed by atoms with E-state index in [4.69, 9.17) is 9.47 Å². The third kappa shape index (κ3) is 5.52. The molecular formula is C20H33NO3. The van der Waals surface area contributed by atoms with Crippen molar-refractivity contribution in [1.82, 2.24) is 0 Å². The van der Waals surface area contributed by atoms with Crippen LogP contribution in [0.1, 0.15) is 58.6 Å². The fraction of sp³-hybridized carbons (Fsp3) is 0.650. The van der Waals surface area contributed by atoms with Crippen molar-refractivity contribution in [2.24, 2.45) is 5.92 Å². The minimum Gasteiger partial charge on any atom is -0.493 e. The zero-order chi connectivity index (χ0) is 18.3. The van der Waals surface area contributed by atoms with Gasteiger partial charge in [-0.15, -0.1) is 0 Å². The highest BCUT2D eigenvalue weighted by Gasteiger charge is 2.32. The maximum atomic E-state index is 12.6. The first-order valence-corrected chi connectivity index (χ1v) is 8.93. The number of hydrogen-bond donors (Lipinski definition) is 1. The lowest BCUT2D eigenvalue weighted by Gasteiger charge is -2.27. The first-order valence-electron chi connectivity index (χ1n) is 8.93. The third-order valence-corrected chi connectivity index (χ3v) is 4.06. The van der Waals surface area contributed by atoms with Gasteiger partial charge in [-0.3, -0.25) is 4.79 Å². The first-order chi connectivity index (χ1) is 11.2. The van der Waals surface area contributed by atoms with E-state index in [1.807, 2.05) is 46.8 Å². The van der Waals surface area contributed by atoms with Gasteiger partial charge in [0.1, 0.15) is 11.4 Å². The number of benzene rings is 1. The van der Waals surface area contributed by atoms with Gasteiger partial charge in [0.05, 0.1) is 6.61 Å². The number of aryl methyl sites for hydroxylation is 2. The molecule has 0 radical (unpaired) electrons. The predicted octanol–water partition coefficient (Wildman–Crippen LogP) is 4.87. The molecule has 4 nitrogen and oxygen atoms in total. The van der Waals surface area contributed by atoms with Crippen LogP contribution in [0.15, 0.2) is 12.1 Å². The summed E-state index contributed by atoms with van der Waals surface area (Å²) >= 11 is 0. The Bertz CT molecular complexity index is 531. The van der Waals surface area contributed by atoms with Crippen LogP contribution in [-0.2, 0) is 9.53 Å². The van der Waals surface area contributed by atoms with Crippen LogP contribution in [0.2, 0.25) is 0 Å². The number of hydrogen-bond acceptors (Lipinski definition) is 3. The highest BCUT2D eigenvalue weighted by atomic mass is 16.5. The zero-order valence-electron chi connectivity index (χ0n) is 16.3. The molecule has 0 aliphatic heterocycles. The Kier molecular flexibility index (Phi) is 7.74. The topological polar surface area (TPSA) is 47.6 Å². The maximum Gasteiger partial charge on any atom is 0.256 e. The van der Waals surface area contributed by atoms with Crippen molar-refractivity contribution >= 4 is 11.6 Å². The summed E-state index contributed by atoms with van der Waals surface area (Å²) in [6.07, 6.45) is 1.52. The molecule has 0 saturated carbocycles. The molecule has 1 aromatic rings. The highest BCUT2D eigenvalue weighted by Crippen LogP contribution is 2.28. The number of rotatable bonds is 9. The maximum absolute atomic E-state index is 12.6. The van der Waals surface area contributed by atoms with Crippen LogP contribution < -0.4 is 10.1 Å². The highest BCUT2D eigenvalue weighted by molar-refractivity contribution is 5.97. The Morgan fingerprint density at radius 3 is 2.25 bits per heavy atom. The fourth-order valence-electron chi connectivity index (χ4n) is 2.42. The smallest absolute Gasteiger partial charge is 0.256 e. The second-order valence-corrected chi connectivity index (χ2v) is 7.03. The molecule has 0 fully saturated rings. The summed E-state index contributed by atoms with van der Waals surface area (Å²) in [5.41, 5.74) is 2.04. The van der Waals surface area contributed by atoms with Gasteiger partial charge in [-0.05, 0) is 62.8 Å². The lowest BCUT2D eigenvalue weighted by molar-refractivity contribution is -0.139. The van der Waals surface area contributed by atoms with Crippen molar-refractivity contribution in [2.75, 3.05) is 18.5 Å². The van der Waals surface area contributed by atoms with E-state index >= 15 is 0 Å². The molecule has 1 rings (SSSR count). The molecule has 24 heavy (non-hydrogen) atoms. The average Bonchev–Trinajstić information content (AvgIpc) is 2.51. The van der Waals surface area contributed by atoms with Gasteiger partial charge in [0.2, 0.25) is 0 Å². The van der Waals surface area contributed by atoms with Crippen molar-refractivity contribution in [3.8, 4) is 5.75 Å². The van der Waals surface area contributed by atoms with Crippen LogP contribution in [-0.4, -0.2) is 24.7 Å². The van der Waals surface area contributed by atoms with E-state index in [2.05, 4.69) is 19.2 Å². The van der Waals surface area contributed by atoms with Gasteiger partial charge in [0.25, 0.3) is 5.91 Å². The molecule has 1 N–H and O–H groups in total. The van der Waals surface area contributed by atoms with Gasteiger partial charge in [0, 0.05) is 12.3 Å². The second-order valence-electron chi connectivity index (χ2n) is 7.03. The SMILES string of the molecule is CCCO[C@@](C)(CC)C(=O)Nc1cc(C)c(OCC(C)C)c(C)c1. The Morgan fingerprint density at radius 2 is 1.79 bits per heavy atom. The van der Waals surface area contributed by atoms with Gasteiger partial charge in [0.15, 0.2) is 0 Å². The van der Waals surface area contributed by atoms with Crippen LogP contribution in [0.3, 0.4) is 0 Å². The Morgan fingerprint density at radius 1 is 1.21 bits per heavy atom. The predicted molar refractivity (Wildman–Crippen MR) is 99.8 cm³/mol. The molecule has 0 unspecified atom stereocenters. The van der Waals surface area contributed by atoms with E-state index in [1.54, 1.807) is 0 Å². The van der Waals surface area contributed by atoms with Crippen molar-refractivity contribution in [3.05, 3.63) is 23.3 Å². The standard InChI is InChI=1S/C20H33NO3/c1-8-10-24-20(7,9-2)19(22)21-17-11-15(5)18(16(6)12-17)23-13-14(3)4/h11-12,14H,8-10,13H2,1-7H3,(H,21,22)/t20-/m0/s1. The largest absolute Gasteiger partial charge is 0.493 e. The molecule has 0 aromatic heterocycles. The lowest BCUT2D eigenvalue weighted by atomic mass is 10.0. The van der Waals surface area contributed by atoms with E-state index in [-0.39, 0.29) is 5.91 Å². The average molecular weight is 335 g/mol. The van der Waals surface area contributed by atoms with E-state index < -0.39 is 5.60 Å². The molecule has 0 aliphatic carbocycles. The molecule has 136 valence electrons. The summed E-state index contributed by atoms with van der Waals surface area (Å²) < 4.78 is 11.7. The molecule has 1 aromatic carbocycles. The van der Waals surface area contributed by atoms with Crippen molar-refractivity contribution in [1.29, 1.82) is 0 Å². The fourth-order valence-corrected chi connectivity index (χ4v) is 2.42. The first kappa shape index (κ1) is 20.5. The van der Waals surface area contributed by atoms with Gasteiger partial charge in [-0.25, -0.2) is 0 Å². The number of amides is 1. The second kappa shape index (κ2) is 9.07. The quantitative estimate of drug-likeness (QED) is 0.700. The number of anilines is 1. The molecule has 0 spiro atoms. The number of carbonyl (C=O) groups excluding carboxylic acids is 1. The molecular weight excluding hydrogens is 302 g/mol. The Balaban J connectivity index is 2.90. The molecule has 1 atom stereocenters. The molecule has 0 aliphatic rings. The van der Waals surface area contributed by atoms with Crippen LogP contribution in [0, 0.1) is 19.8 Å². The Labute approximate surface area is 146 Å². The molecule has 0 saturated heterocycles. The van der Waals surface area contributed by atoms with Crippen molar-refractivity contribution < 1.29 is 14.3 Å². The van der Waals surface area contributed by atoms with E-state index in [1.165, 1.54) is 0 Å². The van der Waals surface area contributed by atoms with Crippen LogP contribution in [0.5, 0.6) is 5.75 Å². The van der Waals surface area contributed by atoms with Crippen molar-refractivity contribution in [2.45, 2.75) is 66.9 Å². The summed E-state index contributed by atoms with van der Waals surface area (Å²) in [6, 6.07) is 3.91. The Hall–Kier alpha value is -1.55.